The van der Waals surface area contributed by atoms with Crippen molar-refractivity contribution in [2.75, 3.05) is 7.11 Å². The highest BCUT2D eigenvalue weighted by atomic mass is 16.6. The molecule has 0 saturated carbocycles. The predicted molar refractivity (Wildman–Crippen MR) is 80.3 cm³/mol. The van der Waals surface area contributed by atoms with Crippen LogP contribution in [0.15, 0.2) is 41.7 Å². The van der Waals surface area contributed by atoms with Crippen LogP contribution in [0.4, 0.5) is 0 Å². The number of esters is 1. The van der Waals surface area contributed by atoms with E-state index in [1.807, 2.05) is 30.3 Å². The molecule has 1 aromatic rings. The van der Waals surface area contributed by atoms with Crippen molar-refractivity contribution in [2.45, 2.75) is 37.6 Å². The molecule has 5 nitrogen and oxygen atoms in total. The van der Waals surface area contributed by atoms with Gasteiger partial charge in [-0.25, -0.2) is 0 Å². The molecule has 2 heterocycles. The zero-order chi connectivity index (χ0) is 16.0. The van der Waals surface area contributed by atoms with Gasteiger partial charge in [0.25, 0.3) is 0 Å². The number of fused-ring (bicyclic) bond motifs is 2. The molecule has 0 N–H and O–H groups in total. The Balaban J connectivity index is 1.69. The van der Waals surface area contributed by atoms with E-state index in [-0.39, 0.29) is 42.4 Å². The molecule has 0 radical (unpaired) electrons. The van der Waals surface area contributed by atoms with Crippen molar-refractivity contribution in [1.29, 1.82) is 0 Å². The fourth-order valence-electron chi connectivity index (χ4n) is 3.83. The molecule has 4 rings (SSSR count). The Kier molecular flexibility index (Phi) is 3.45. The molecular formula is C18H18O5. The first-order chi connectivity index (χ1) is 11.2. The van der Waals surface area contributed by atoms with Crippen LogP contribution in [0.25, 0.3) is 0 Å². The number of rotatable bonds is 2. The molecule has 1 fully saturated rings. The second kappa shape index (κ2) is 5.49. The summed E-state index contributed by atoms with van der Waals surface area (Å²) in [6, 6.07) is 9.74. The zero-order valence-electron chi connectivity index (χ0n) is 12.9. The lowest BCUT2D eigenvalue weighted by Gasteiger charge is -2.38. The molecule has 3 aliphatic rings. The molecule has 0 amide bonds. The highest BCUT2D eigenvalue weighted by Crippen LogP contribution is 2.46. The standard InChI is InChI=1S/C18H18O5/c1-21-15-9-14-17(11-7-16(20)23-18(11)15)12(19)8-13(22-14)10-5-3-2-4-6-10/h2-6,11,13,15,18H,7-9H2,1H3. The first kappa shape index (κ1) is 14.5. The van der Waals surface area contributed by atoms with Crippen molar-refractivity contribution in [3.8, 4) is 0 Å². The van der Waals surface area contributed by atoms with Gasteiger partial charge in [0.2, 0.25) is 0 Å². The number of carbonyl (C=O) groups is 2. The van der Waals surface area contributed by atoms with Gasteiger partial charge in [-0.1, -0.05) is 30.3 Å². The summed E-state index contributed by atoms with van der Waals surface area (Å²) in [5, 5.41) is 0. The largest absolute Gasteiger partial charge is 0.489 e. The van der Waals surface area contributed by atoms with Crippen molar-refractivity contribution >= 4 is 11.8 Å². The fraction of sp³-hybridized carbons (Fsp3) is 0.444. The number of carbonyl (C=O) groups excluding carboxylic acids is 2. The van der Waals surface area contributed by atoms with Gasteiger partial charge < -0.3 is 14.2 Å². The Bertz CT molecular complexity index is 678. The lowest BCUT2D eigenvalue weighted by Crippen LogP contribution is -2.42. The van der Waals surface area contributed by atoms with E-state index in [0.29, 0.717) is 24.2 Å². The average Bonchev–Trinajstić information content (AvgIpc) is 2.95. The van der Waals surface area contributed by atoms with E-state index in [2.05, 4.69) is 0 Å². The van der Waals surface area contributed by atoms with Crippen LogP contribution in [-0.4, -0.2) is 31.1 Å². The lowest BCUT2D eigenvalue weighted by atomic mass is 9.77. The van der Waals surface area contributed by atoms with Gasteiger partial charge in [0.05, 0.1) is 12.8 Å². The molecule has 4 atom stereocenters. The van der Waals surface area contributed by atoms with Gasteiger partial charge in [-0.3, -0.25) is 9.59 Å². The van der Waals surface area contributed by atoms with Crippen LogP contribution >= 0.6 is 0 Å². The molecule has 23 heavy (non-hydrogen) atoms. The molecule has 4 unspecified atom stereocenters. The van der Waals surface area contributed by atoms with Crippen LogP contribution in [0.1, 0.15) is 30.9 Å². The van der Waals surface area contributed by atoms with Crippen molar-refractivity contribution in [3.63, 3.8) is 0 Å². The monoisotopic (exact) mass is 314 g/mol. The summed E-state index contributed by atoms with van der Waals surface area (Å²) in [6.45, 7) is 0. The molecule has 2 aliphatic heterocycles. The third kappa shape index (κ3) is 2.36. The summed E-state index contributed by atoms with van der Waals surface area (Å²) in [5.41, 5.74) is 1.63. The van der Waals surface area contributed by atoms with E-state index in [0.717, 1.165) is 5.56 Å². The second-order valence-electron chi connectivity index (χ2n) is 6.22. The van der Waals surface area contributed by atoms with Crippen LogP contribution in [0.2, 0.25) is 0 Å². The second-order valence-corrected chi connectivity index (χ2v) is 6.22. The Labute approximate surface area is 134 Å². The molecule has 0 spiro atoms. The smallest absolute Gasteiger partial charge is 0.306 e. The third-order valence-corrected chi connectivity index (χ3v) is 4.90. The van der Waals surface area contributed by atoms with Gasteiger partial charge in [-0.15, -0.1) is 0 Å². The maximum Gasteiger partial charge on any atom is 0.306 e. The van der Waals surface area contributed by atoms with E-state index in [1.165, 1.54) is 0 Å². The minimum Gasteiger partial charge on any atom is -0.489 e. The topological polar surface area (TPSA) is 61.8 Å². The van der Waals surface area contributed by atoms with E-state index in [1.54, 1.807) is 7.11 Å². The van der Waals surface area contributed by atoms with E-state index in [4.69, 9.17) is 14.2 Å². The maximum atomic E-state index is 12.7. The zero-order valence-corrected chi connectivity index (χ0v) is 12.9. The van der Waals surface area contributed by atoms with Crippen LogP contribution in [0.3, 0.4) is 0 Å². The van der Waals surface area contributed by atoms with Crippen molar-refractivity contribution < 1.29 is 23.8 Å². The molecule has 120 valence electrons. The molecule has 1 aliphatic carbocycles. The van der Waals surface area contributed by atoms with Crippen LogP contribution in [-0.2, 0) is 23.8 Å². The first-order valence-electron chi connectivity index (χ1n) is 7.87. The number of hydrogen-bond acceptors (Lipinski definition) is 5. The van der Waals surface area contributed by atoms with Crippen molar-refractivity contribution in [3.05, 3.63) is 47.2 Å². The number of benzene rings is 1. The highest BCUT2D eigenvalue weighted by Gasteiger charge is 2.51. The first-order valence-corrected chi connectivity index (χ1v) is 7.87. The quantitative estimate of drug-likeness (QED) is 0.784. The summed E-state index contributed by atoms with van der Waals surface area (Å²) in [5.74, 6) is 0.221. The maximum absolute atomic E-state index is 12.7. The number of hydrogen-bond donors (Lipinski definition) is 0. The Morgan fingerprint density at radius 3 is 2.57 bits per heavy atom. The van der Waals surface area contributed by atoms with Gasteiger partial charge in [0.15, 0.2) is 5.78 Å². The summed E-state index contributed by atoms with van der Waals surface area (Å²) in [6.07, 6.45) is 0.107. The minimum absolute atomic E-state index is 0.0583. The lowest BCUT2D eigenvalue weighted by molar-refractivity contribution is -0.148. The fourth-order valence-corrected chi connectivity index (χ4v) is 3.83. The third-order valence-electron chi connectivity index (χ3n) is 4.90. The van der Waals surface area contributed by atoms with Crippen molar-refractivity contribution in [2.24, 2.45) is 5.92 Å². The van der Waals surface area contributed by atoms with Crippen LogP contribution < -0.4 is 0 Å². The molecule has 1 aromatic carbocycles. The van der Waals surface area contributed by atoms with E-state index >= 15 is 0 Å². The van der Waals surface area contributed by atoms with Crippen molar-refractivity contribution in [1.82, 2.24) is 0 Å². The molecular weight excluding hydrogens is 296 g/mol. The Morgan fingerprint density at radius 2 is 1.83 bits per heavy atom. The van der Waals surface area contributed by atoms with Gasteiger partial charge in [0, 0.05) is 25.0 Å². The number of Topliss-reactive ketones (excluding diaryl/α,β-unsaturated/α-hetero) is 1. The Hall–Kier alpha value is -2.14. The Morgan fingerprint density at radius 1 is 1.04 bits per heavy atom. The minimum atomic E-state index is -0.368. The number of ether oxygens (including phenoxy) is 3. The van der Waals surface area contributed by atoms with E-state index in [9.17, 15) is 9.59 Å². The predicted octanol–water partition coefficient (Wildman–Crippen LogP) is 2.32. The summed E-state index contributed by atoms with van der Waals surface area (Å²) in [4.78, 5) is 24.4. The molecule has 5 heteroatoms. The summed E-state index contributed by atoms with van der Waals surface area (Å²) < 4.78 is 17.0. The van der Waals surface area contributed by atoms with Crippen LogP contribution in [0, 0.1) is 5.92 Å². The summed E-state index contributed by atoms with van der Waals surface area (Å²) in [7, 11) is 1.60. The normalized spacial score (nSPS) is 32.9. The summed E-state index contributed by atoms with van der Waals surface area (Å²) >= 11 is 0. The molecule has 1 saturated heterocycles. The highest BCUT2D eigenvalue weighted by molar-refractivity contribution is 5.98. The van der Waals surface area contributed by atoms with Gasteiger partial charge in [-0.2, -0.15) is 0 Å². The van der Waals surface area contributed by atoms with Crippen LogP contribution in [0.5, 0.6) is 0 Å². The van der Waals surface area contributed by atoms with E-state index < -0.39 is 0 Å². The van der Waals surface area contributed by atoms with Gasteiger partial charge in [-0.05, 0) is 5.56 Å². The molecule has 0 aromatic heterocycles. The number of methoxy groups -OCH3 is 1. The van der Waals surface area contributed by atoms with Gasteiger partial charge in [0.1, 0.15) is 24.1 Å². The van der Waals surface area contributed by atoms with Gasteiger partial charge >= 0.3 is 5.97 Å². The number of ketones is 1. The molecule has 0 bridgehead atoms. The SMILES string of the molecule is COC1CC2=C(C(=O)CC(c3ccccc3)O2)C2CC(=O)OC12. The average molecular weight is 314 g/mol.